The molecule has 0 radical (unpaired) electrons. The van der Waals surface area contributed by atoms with Crippen molar-refractivity contribution in [2.45, 2.75) is 13.1 Å². The van der Waals surface area contributed by atoms with E-state index in [4.69, 9.17) is 11.1 Å². The van der Waals surface area contributed by atoms with Gasteiger partial charge in [0.05, 0.1) is 0 Å². The van der Waals surface area contributed by atoms with E-state index in [0.717, 1.165) is 0 Å². The Labute approximate surface area is 84.2 Å². The van der Waals surface area contributed by atoms with Crippen LogP contribution in [0.25, 0.3) is 0 Å². The molecule has 0 unspecified atom stereocenters. The number of halogens is 5. The highest BCUT2D eigenvalue weighted by Gasteiger charge is 2.32. The highest BCUT2D eigenvalue weighted by Crippen LogP contribution is 2.18. The van der Waals surface area contributed by atoms with E-state index in [0.29, 0.717) is 0 Å². The van der Waals surface area contributed by atoms with Crippen molar-refractivity contribution >= 4 is 23.6 Å². The number of benzene rings is 1. The monoisotopic (exact) mass is 242 g/mol. The van der Waals surface area contributed by atoms with Gasteiger partial charge >= 0.3 is 0 Å². The molecule has 0 nitrogen and oxygen atoms in total. The van der Waals surface area contributed by atoms with Crippen molar-refractivity contribution in [3.05, 3.63) is 29.3 Å². The molecule has 0 bridgehead atoms. The maximum atomic E-state index is 13.1. The topological polar surface area (TPSA) is 0 Å². The van der Waals surface area contributed by atoms with Crippen molar-refractivity contribution in [3.8, 4) is 0 Å². The molecule has 6 heteroatoms. The molecule has 0 saturated carbocycles. The van der Waals surface area contributed by atoms with Crippen molar-refractivity contribution in [2.75, 3.05) is 0 Å². The van der Waals surface area contributed by atoms with Crippen LogP contribution >= 0.6 is 11.1 Å². The van der Waals surface area contributed by atoms with Crippen molar-refractivity contribution in [3.63, 3.8) is 0 Å². The van der Waals surface area contributed by atoms with E-state index in [1.54, 1.807) is 0 Å². The third-order valence-corrected chi connectivity index (χ3v) is 3.90. The van der Waals surface area contributed by atoms with Gasteiger partial charge in [-0.1, -0.05) is 13.1 Å². The first-order valence-electron chi connectivity index (χ1n) is 3.77. The van der Waals surface area contributed by atoms with Gasteiger partial charge in [-0.2, -0.15) is 11.1 Å². The molecular weight excluding hydrogens is 236 g/mol. The summed E-state index contributed by atoms with van der Waals surface area (Å²) in [6, 6.07) is 0.172. The molecule has 0 aliphatic rings. The van der Waals surface area contributed by atoms with Crippen LogP contribution in [0.3, 0.4) is 0 Å². The molecule has 0 atom stereocenters. The average Bonchev–Trinajstić information content (AvgIpc) is 1.98. The van der Waals surface area contributed by atoms with Crippen LogP contribution in [0, 0.1) is 23.3 Å². The Balaban J connectivity index is 3.56. The molecule has 0 heterocycles. The Morgan fingerprint density at radius 2 is 1.36 bits per heavy atom. The van der Waals surface area contributed by atoms with Crippen molar-refractivity contribution in [1.82, 2.24) is 0 Å². The Morgan fingerprint density at radius 3 is 1.64 bits per heavy atom. The quantitative estimate of drug-likeness (QED) is 0.307. The van der Waals surface area contributed by atoms with Gasteiger partial charge < -0.3 is 0 Å². The highest BCUT2D eigenvalue weighted by molar-refractivity contribution is 7.26. The summed E-state index contributed by atoms with van der Waals surface area (Å²) in [5.74, 6) is -5.62. The molecule has 0 saturated heterocycles. The molecule has 1 aromatic carbocycles. The van der Waals surface area contributed by atoms with Crippen LogP contribution in [0.1, 0.15) is 0 Å². The van der Waals surface area contributed by atoms with Crippen LogP contribution in [-0.4, -0.2) is 7.38 Å². The molecule has 0 spiro atoms. The van der Waals surface area contributed by atoms with E-state index in [9.17, 15) is 17.6 Å². The SMILES string of the molecule is C[Si](C)(Cl)c1c(F)c(F)cc(F)c1F. The molecule has 0 aromatic heterocycles. The largest absolute Gasteiger partial charge is 0.204 e. The summed E-state index contributed by atoms with van der Waals surface area (Å²) in [6.07, 6.45) is 0. The summed E-state index contributed by atoms with van der Waals surface area (Å²) in [5.41, 5.74) is 0. The summed E-state index contributed by atoms with van der Waals surface area (Å²) >= 11 is 5.74. The van der Waals surface area contributed by atoms with E-state index in [1.807, 2.05) is 0 Å². The Kier molecular flexibility index (Phi) is 2.92. The second kappa shape index (κ2) is 3.55. The van der Waals surface area contributed by atoms with Crippen LogP contribution in [0.15, 0.2) is 6.07 Å². The second-order valence-electron chi connectivity index (χ2n) is 3.32. The fourth-order valence-electron chi connectivity index (χ4n) is 1.10. The lowest BCUT2D eigenvalue weighted by atomic mass is 10.3. The van der Waals surface area contributed by atoms with Gasteiger partial charge in [0.2, 0.25) is 0 Å². The molecule has 0 fully saturated rings. The minimum atomic E-state index is -2.94. The minimum Gasteiger partial charge on any atom is -0.204 e. The lowest BCUT2D eigenvalue weighted by molar-refractivity contribution is 0.462. The molecule has 1 aromatic rings. The van der Waals surface area contributed by atoms with Gasteiger partial charge in [-0.15, -0.1) is 0 Å². The molecule has 1 rings (SSSR count). The fourth-order valence-corrected chi connectivity index (χ4v) is 2.88. The third-order valence-electron chi connectivity index (χ3n) is 1.71. The van der Waals surface area contributed by atoms with Gasteiger partial charge in [0.1, 0.15) is 0 Å². The minimum absolute atomic E-state index is 0.172. The summed E-state index contributed by atoms with van der Waals surface area (Å²) in [5, 5.41) is -0.656. The second-order valence-corrected chi connectivity index (χ2v) is 9.60. The van der Waals surface area contributed by atoms with E-state index < -0.39 is 35.8 Å². The maximum Gasteiger partial charge on any atom is 0.188 e. The van der Waals surface area contributed by atoms with E-state index in [-0.39, 0.29) is 6.07 Å². The number of hydrogen-bond acceptors (Lipinski definition) is 0. The molecule has 0 amide bonds. The first-order valence-corrected chi connectivity index (χ1v) is 7.78. The first kappa shape index (κ1) is 11.5. The Hall–Kier alpha value is -0.553. The van der Waals surface area contributed by atoms with Crippen LogP contribution in [0.4, 0.5) is 17.6 Å². The molecule has 0 aliphatic heterocycles. The molecule has 0 aliphatic carbocycles. The van der Waals surface area contributed by atoms with Crippen LogP contribution < -0.4 is 5.19 Å². The summed E-state index contributed by atoms with van der Waals surface area (Å²) in [7, 11) is -2.94. The van der Waals surface area contributed by atoms with E-state index in [2.05, 4.69) is 0 Å². The van der Waals surface area contributed by atoms with Gasteiger partial charge in [-0.25, -0.2) is 17.6 Å². The number of hydrogen-bond donors (Lipinski definition) is 0. The highest BCUT2D eigenvalue weighted by atomic mass is 35.6. The van der Waals surface area contributed by atoms with Crippen molar-refractivity contribution in [1.29, 1.82) is 0 Å². The third kappa shape index (κ3) is 1.93. The molecule has 14 heavy (non-hydrogen) atoms. The van der Waals surface area contributed by atoms with Crippen molar-refractivity contribution in [2.24, 2.45) is 0 Å². The smallest absolute Gasteiger partial charge is 0.188 e. The number of rotatable bonds is 1. The first-order chi connectivity index (χ1) is 6.25. The lowest BCUT2D eigenvalue weighted by Gasteiger charge is -2.15. The van der Waals surface area contributed by atoms with E-state index in [1.165, 1.54) is 13.1 Å². The Morgan fingerprint density at radius 1 is 1.00 bits per heavy atom. The van der Waals surface area contributed by atoms with Crippen LogP contribution in [0.2, 0.25) is 13.1 Å². The van der Waals surface area contributed by atoms with Gasteiger partial charge in [0, 0.05) is 11.3 Å². The summed E-state index contributed by atoms with van der Waals surface area (Å²) in [4.78, 5) is 0. The summed E-state index contributed by atoms with van der Waals surface area (Å²) in [6.45, 7) is 2.77. The molecule has 0 N–H and O–H groups in total. The molecule has 78 valence electrons. The normalized spacial score (nSPS) is 11.9. The zero-order chi connectivity index (χ0) is 11.1. The van der Waals surface area contributed by atoms with Crippen LogP contribution in [0.5, 0.6) is 0 Å². The van der Waals surface area contributed by atoms with Gasteiger partial charge in [0.25, 0.3) is 0 Å². The lowest BCUT2D eigenvalue weighted by Crippen LogP contribution is -2.41. The fraction of sp³-hybridized carbons (Fsp3) is 0.250. The predicted molar refractivity (Wildman–Crippen MR) is 49.2 cm³/mol. The van der Waals surface area contributed by atoms with Gasteiger partial charge in [-0.3, -0.25) is 0 Å². The zero-order valence-corrected chi connectivity index (χ0v) is 9.22. The zero-order valence-electron chi connectivity index (χ0n) is 7.47. The van der Waals surface area contributed by atoms with Crippen molar-refractivity contribution < 1.29 is 17.6 Å². The summed E-state index contributed by atoms with van der Waals surface area (Å²) < 4.78 is 51.7. The average molecular weight is 243 g/mol. The van der Waals surface area contributed by atoms with Gasteiger partial charge in [-0.05, 0) is 0 Å². The van der Waals surface area contributed by atoms with Gasteiger partial charge in [0.15, 0.2) is 30.7 Å². The predicted octanol–water partition coefficient (Wildman–Crippen LogP) is 2.89. The molecular formula is C8H7ClF4Si. The van der Waals surface area contributed by atoms with Crippen LogP contribution in [-0.2, 0) is 0 Å². The maximum absolute atomic E-state index is 13.1. The Bertz CT molecular complexity index is 346. The standard InChI is InChI=1S/C8H7ClF4Si/c1-14(2,9)8-6(12)4(10)3-5(11)7(8)13/h3H,1-2H3. The van der Waals surface area contributed by atoms with E-state index >= 15 is 0 Å².